The Labute approximate surface area is 117 Å². The summed E-state index contributed by atoms with van der Waals surface area (Å²) in [5.74, 6) is 0. The Morgan fingerprint density at radius 3 is 2.63 bits per heavy atom. The highest BCUT2D eigenvalue weighted by Crippen LogP contribution is 2.42. The lowest BCUT2D eigenvalue weighted by Gasteiger charge is -2.36. The number of morpholine rings is 1. The van der Waals surface area contributed by atoms with Crippen LogP contribution in [-0.4, -0.2) is 77.2 Å². The first-order valence-corrected chi connectivity index (χ1v) is 6.81. The highest BCUT2D eigenvalue weighted by Gasteiger charge is 2.64. The maximum absolute atomic E-state index is 6.03. The van der Waals surface area contributed by atoms with E-state index in [-0.39, 0.29) is 24.4 Å². The van der Waals surface area contributed by atoms with Gasteiger partial charge in [0.05, 0.1) is 12.6 Å². The fraction of sp³-hybridized carbons (Fsp3) is 1.00. The zero-order valence-corrected chi connectivity index (χ0v) is 12.7. The minimum atomic E-state index is -0.472. The second kappa shape index (κ2) is 7.01. The summed E-state index contributed by atoms with van der Waals surface area (Å²) >= 11 is 0. The molecular formula is C12H27BN3O3+. The standard InChI is InChI=1S/C10H20BN3O3.C2H6/c1-13-9(12)14-4-10(5-15-2)7(16-3)6(14)8(11)17-10;1-2/h6-9,13H,4-5,12H2,1-3H3;1-2H3/p+1/t6?,7?,8-,9?,10-;/m1./s1. The van der Waals surface area contributed by atoms with E-state index in [9.17, 15) is 0 Å². The molecule has 2 rings (SSSR count). The number of rotatable bonds is 5. The molecule has 0 aromatic rings. The summed E-state index contributed by atoms with van der Waals surface area (Å²) in [4.78, 5) is 2.18. The average Bonchev–Trinajstić information content (AvgIpc) is 2.88. The molecule has 2 heterocycles. The lowest BCUT2D eigenvalue weighted by atomic mass is 9.90. The third-order valence-corrected chi connectivity index (χ3v) is 3.75. The van der Waals surface area contributed by atoms with Gasteiger partial charge in [0.2, 0.25) is 0 Å². The van der Waals surface area contributed by atoms with Crippen molar-refractivity contribution in [2.75, 3.05) is 34.4 Å². The van der Waals surface area contributed by atoms with Gasteiger partial charge in [-0.25, -0.2) is 4.90 Å². The van der Waals surface area contributed by atoms with E-state index in [1.165, 1.54) is 0 Å². The number of hydrogen-bond donors (Lipinski definition) is 2. The van der Waals surface area contributed by atoms with Crippen molar-refractivity contribution in [2.45, 2.75) is 43.9 Å². The Morgan fingerprint density at radius 2 is 2.16 bits per heavy atom. The van der Waals surface area contributed by atoms with Crippen molar-refractivity contribution in [3.63, 3.8) is 0 Å². The lowest BCUT2D eigenvalue weighted by molar-refractivity contribution is -0.471. The topological polar surface area (TPSA) is 70.6 Å². The van der Waals surface area contributed by atoms with Crippen LogP contribution in [0.15, 0.2) is 0 Å². The van der Waals surface area contributed by atoms with Crippen LogP contribution in [0.1, 0.15) is 13.8 Å². The lowest BCUT2D eigenvalue weighted by Crippen LogP contribution is -2.77. The van der Waals surface area contributed by atoms with E-state index in [1.54, 1.807) is 14.2 Å². The van der Waals surface area contributed by atoms with Crippen molar-refractivity contribution in [2.24, 2.45) is 0 Å². The van der Waals surface area contributed by atoms with Crippen LogP contribution in [0.4, 0.5) is 0 Å². The first-order chi connectivity index (χ1) is 9.09. The molecule has 0 saturated carbocycles. The molecule has 0 aliphatic carbocycles. The summed E-state index contributed by atoms with van der Waals surface area (Å²) in [5.41, 5.74) is 3.59. The predicted molar refractivity (Wildman–Crippen MR) is 73.6 cm³/mol. The third kappa shape index (κ3) is 2.81. The van der Waals surface area contributed by atoms with Crippen LogP contribution in [-0.2, 0) is 14.2 Å². The summed E-state index contributed by atoms with van der Waals surface area (Å²) < 4.78 is 16.7. The highest BCUT2D eigenvalue weighted by atomic mass is 16.6. The molecule has 0 aromatic carbocycles. The number of fused-ring (bicyclic) bond motifs is 2. The smallest absolute Gasteiger partial charge is 0.198 e. The van der Waals surface area contributed by atoms with Gasteiger partial charge in [0.25, 0.3) is 0 Å². The molecule has 2 aliphatic heterocycles. The zero-order valence-electron chi connectivity index (χ0n) is 12.7. The number of ether oxygens (including phenoxy) is 3. The largest absolute Gasteiger partial charge is 0.382 e. The predicted octanol–water partition coefficient (Wildman–Crippen LogP) is -1.63. The van der Waals surface area contributed by atoms with Gasteiger partial charge in [-0.05, 0) is 7.05 Å². The summed E-state index contributed by atoms with van der Waals surface area (Å²) in [6, 6.07) is -0.341. The van der Waals surface area contributed by atoms with Gasteiger partial charge in [0.1, 0.15) is 19.6 Å². The van der Waals surface area contributed by atoms with E-state index in [0.717, 1.165) is 0 Å². The molecular weight excluding hydrogens is 245 g/mol. The minimum absolute atomic E-state index is 0.00803. The van der Waals surface area contributed by atoms with Crippen LogP contribution in [0.5, 0.6) is 0 Å². The summed E-state index contributed by atoms with van der Waals surface area (Å²) in [6.45, 7) is 5.19. The van der Waals surface area contributed by atoms with Gasteiger partial charge < -0.3 is 19.9 Å². The number of nitrogens with one attached hydrogen (secondary N) is 1. The van der Waals surface area contributed by atoms with E-state index in [2.05, 4.69) is 16.0 Å². The van der Waals surface area contributed by atoms with Gasteiger partial charge in [-0.1, -0.05) is 13.8 Å². The van der Waals surface area contributed by atoms with Crippen molar-refractivity contribution in [3.8, 4) is 0 Å². The van der Waals surface area contributed by atoms with Gasteiger partial charge >= 0.3 is 0 Å². The fourth-order valence-electron chi connectivity index (χ4n) is 3.04. The second-order valence-electron chi connectivity index (χ2n) is 4.70. The Balaban J connectivity index is 0.000000861. The van der Waals surface area contributed by atoms with Gasteiger partial charge in [-0.15, -0.1) is 0 Å². The maximum Gasteiger partial charge on any atom is 0.198 e. The minimum Gasteiger partial charge on any atom is -0.382 e. The highest BCUT2D eigenvalue weighted by molar-refractivity contribution is 6.12. The normalized spacial score (nSPS) is 38.9. The fourth-order valence-corrected chi connectivity index (χ4v) is 3.04. The molecule has 2 bridgehead atoms. The Bertz CT molecular complexity index is 285. The third-order valence-electron chi connectivity index (χ3n) is 3.75. The van der Waals surface area contributed by atoms with Crippen LogP contribution < -0.4 is 11.1 Å². The molecule has 0 spiro atoms. The van der Waals surface area contributed by atoms with Crippen molar-refractivity contribution in [1.82, 2.24) is 10.2 Å². The molecule has 3 unspecified atom stereocenters. The van der Waals surface area contributed by atoms with E-state index in [4.69, 9.17) is 22.1 Å². The van der Waals surface area contributed by atoms with Crippen LogP contribution >= 0.6 is 0 Å². The van der Waals surface area contributed by atoms with Crippen LogP contribution in [0.3, 0.4) is 0 Å². The Morgan fingerprint density at radius 1 is 1.53 bits per heavy atom. The van der Waals surface area contributed by atoms with Crippen LogP contribution in [0, 0.1) is 0 Å². The number of likely N-dealkylation sites (tertiary alicyclic amines) is 1. The molecule has 2 saturated heterocycles. The number of nitrogens with zero attached hydrogens (tertiary/aromatic N) is 1. The quantitative estimate of drug-likeness (QED) is 0.464. The van der Waals surface area contributed by atoms with Crippen molar-refractivity contribution < 1.29 is 19.9 Å². The molecule has 4 N–H and O–H groups in total. The van der Waals surface area contributed by atoms with Crippen molar-refractivity contribution in [3.05, 3.63) is 0 Å². The average molecular weight is 272 g/mol. The summed E-state index contributed by atoms with van der Waals surface area (Å²) in [5, 5.41) is 3.12. The van der Waals surface area contributed by atoms with E-state index >= 15 is 0 Å². The van der Waals surface area contributed by atoms with Gasteiger partial charge in [-0.2, -0.15) is 0 Å². The monoisotopic (exact) mass is 272 g/mol. The first-order valence-electron chi connectivity index (χ1n) is 6.81. The van der Waals surface area contributed by atoms with Crippen molar-refractivity contribution >= 4 is 7.85 Å². The molecule has 2 radical (unpaired) electrons. The number of quaternary nitrogens is 1. The molecule has 5 atom stereocenters. The van der Waals surface area contributed by atoms with Crippen LogP contribution in [0.25, 0.3) is 0 Å². The molecule has 2 fully saturated rings. The molecule has 19 heavy (non-hydrogen) atoms. The van der Waals surface area contributed by atoms with Gasteiger partial charge in [0, 0.05) is 26.8 Å². The molecule has 7 heteroatoms. The van der Waals surface area contributed by atoms with Gasteiger partial charge in [-0.3, -0.25) is 5.32 Å². The van der Waals surface area contributed by atoms with E-state index in [0.29, 0.717) is 13.2 Å². The number of methoxy groups -OCH3 is 2. The summed E-state index contributed by atoms with van der Waals surface area (Å²) in [7, 11) is 11.2. The second-order valence-corrected chi connectivity index (χ2v) is 4.70. The first kappa shape index (κ1) is 16.9. The number of hydrogen-bond acceptors (Lipinski definition) is 5. The van der Waals surface area contributed by atoms with E-state index in [1.807, 2.05) is 20.9 Å². The Kier molecular flexibility index (Phi) is 6.23. The molecule has 2 aliphatic rings. The van der Waals surface area contributed by atoms with Crippen molar-refractivity contribution in [1.29, 1.82) is 0 Å². The molecule has 110 valence electrons. The van der Waals surface area contributed by atoms with E-state index < -0.39 is 5.60 Å². The van der Waals surface area contributed by atoms with Crippen LogP contribution in [0.2, 0.25) is 0 Å². The zero-order chi connectivity index (χ0) is 14.6. The Hall–Kier alpha value is -0.175. The molecule has 0 amide bonds. The molecule has 6 nitrogen and oxygen atoms in total. The molecule has 0 aromatic heterocycles. The maximum atomic E-state index is 6.03. The summed E-state index contributed by atoms with van der Waals surface area (Å²) in [6.07, 6.45) is -0.0821. The van der Waals surface area contributed by atoms with Gasteiger partial charge in [0.15, 0.2) is 6.29 Å². The SMILES string of the molecule is CC.[B][C@@H]1O[C@@]2(COC)CN(C([NH3+])NC)C1C2OC.